The number of nitrogens with one attached hydrogen (secondary N) is 1. The summed E-state index contributed by atoms with van der Waals surface area (Å²) >= 11 is 0. The number of nitrogens with zero attached hydrogens (tertiary/aromatic N) is 1. The maximum Gasteiger partial charge on any atom is 0.165 e. The van der Waals surface area contributed by atoms with Crippen molar-refractivity contribution in [2.45, 2.75) is 32.4 Å². The second kappa shape index (κ2) is 8.45. The van der Waals surface area contributed by atoms with Gasteiger partial charge in [0.2, 0.25) is 0 Å². The number of ether oxygens (including phenoxy) is 1. The van der Waals surface area contributed by atoms with Gasteiger partial charge in [-0.1, -0.05) is 19.4 Å². The van der Waals surface area contributed by atoms with Crippen molar-refractivity contribution in [3.05, 3.63) is 29.6 Å². The molecule has 3 nitrogen and oxygen atoms in total. The molecular formula is C15H24ClFN2O. The number of piperazine rings is 1. The summed E-state index contributed by atoms with van der Waals surface area (Å²) in [5.41, 5.74) is 1.02. The van der Waals surface area contributed by atoms with Crippen molar-refractivity contribution in [3.63, 3.8) is 0 Å². The molecule has 0 bridgehead atoms. The minimum atomic E-state index is -0.276. The molecule has 5 heteroatoms. The summed E-state index contributed by atoms with van der Waals surface area (Å²) in [4.78, 5) is 2.45. The van der Waals surface area contributed by atoms with E-state index in [4.69, 9.17) is 4.74 Å². The summed E-state index contributed by atoms with van der Waals surface area (Å²) in [7, 11) is 1.49. The molecular weight excluding hydrogens is 279 g/mol. The lowest BCUT2D eigenvalue weighted by Crippen LogP contribution is -2.50. The lowest BCUT2D eigenvalue weighted by atomic mass is 10.1. The van der Waals surface area contributed by atoms with E-state index in [-0.39, 0.29) is 18.2 Å². The molecule has 1 aromatic rings. The number of halogens is 2. The van der Waals surface area contributed by atoms with Crippen LogP contribution in [0.3, 0.4) is 0 Å². The SMILES string of the molecule is CCCC1CNCCN1Cc1ccc(OC)c(F)c1.Cl. The maximum absolute atomic E-state index is 13.7. The fourth-order valence-corrected chi connectivity index (χ4v) is 2.67. The highest BCUT2D eigenvalue weighted by molar-refractivity contribution is 5.85. The molecule has 1 heterocycles. The van der Waals surface area contributed by atoms with Crippen molar-refractivity contribution in [2.24, 2.45) is 0 Å². The number of methoxy groups -OCH3 is 1. The third-order valence-electron chi connectivity index (χ3n) is 3.70. The molecule has 1 atom stereocenters. The first-order chi connectivity index (χ1) is 9.24. The molecule has 1 aliphatic rings. The van der Waals surface area contributed by atoms with Crippen molar-refractivity contribution in [2.75, 3.05) is 26.7 Å². The molecule has 0 aromatic heterocycles. The third-order valence-corrected chi connectivity index (χ3v) is 3.70. The van der Waals surface area contributed by atoms with Crippen LogP contribution in [0.4, 0.5) is 4.39 Å². The van der Waals surface area contributed by atoms with Gasteiger partial charge in [0.25, 0.3) is 0 Å². The van der Waals surface area contributed by atoms with Crippen LogP contribution in [0, 0.1) is 5.82 Å². The van der Waals surface area contributed by atoms with Crippen molar-refractivity contribution < 1.29 is 9.13 Å². The Morgan fingerprint density at radius 3 is 2.90 bits per heavy atom. The molecule has 114 valence electrons. The first-order valence-electron chi connectivity index (χ1n) is 7.01. The quantitative estimate of drug-likeness (QED) is 0.905. The van der Waals surface area contributed by atoms with Gasteiger partial charge in [-0.15, -0.1) is 12.4 Å². The largest absolute Gasteiger partial charge is 0.494 e. The second-order valence-corrected chi connectivity index (χ2v) is 5.09. The summed E-state index contributed by atoms with van der Waals surface area (Å²) in [6.07, 6.45) is 2.37. The van der Waals surface area contributed by atoms with Gasteiger partial charge in [0.1, 0.15) is 0 Å². The average Bonchev–Trinajstić information content (AvgIpc) is 2.41. The van der Waals surface area contributed by atoms with E-state index in [0.717, 1.165) is 31.7 Å². The first kappa shape index (κ1) is 17.2. The van der Waals surface area contributed by atoms with Crippen molar-refractivity contribution in [1.82, 2.24) is 10.2 Å². The molecule has 1 fully saturated rings. The van der Waals surface area contributed by atoms with Gasteiger partial charge in [0, 0.05) is 32.2 Å². The summed E-state index contributed by atoms with van der Waals surface area (Å²) in [5, 5.41) is 3.43. The Bertz CT molecular complexity index is 415. The van der Waals surface area contributed by atoms with Gasteiger partial charge in [0.15, 0.2) is 11.6 Å². The van der Waals surface area contributed by atoms with E-state index in [1.807, 2.05) is 6.07 Å². The molecule has 0 radical (unpaired) electrons. The zero-order valence-corrected chi connectivity index (χ0v) is 13.0. The minimum absolute atomic E-state index is 0. The first-order valence-corrected chi connectivity index (χ1v) is 7.01. The molecule has 2 rings (SSSR count). The molecule has 1 unspecified atom stereocenters. The molecule has 20 heavy (non-hydrogen) atoms. The van der Waals surface area contributed by atoms with E-state index in [0.29, 0.717) is 11.8 Å². The summed E-state index contributed by atoms with van der Waals surface area (Å²) < 4.78 is 18.6. The lowest BCUT2D eigenvalue weighted by Gasteiger charge is -2.36. The van der Waals surface area contributed by atoms with Crippen LogP contribution >= 0.6 is 12.4 Å². The van der Waals surface area contributed by atoms with Crippen LogP contribution < -0.4 is 10.1 Å². The molecule has 1 saturated heterocycles. The molecule has 1 aromatic carbocycles. The van der Waals surface area contributed by atoms with Gasteiger partial charge in [-0.25, -0.2) is 4.39 Å². The van der Waals surface area contributed by atoms with E-state index in [1.165, 1.54) is 20.0 Å². The standard InChI is InChI=1S/C15H23FN2O.ClH/c1-3-4-13-10-17-7-8-18(13)11-12-5-6-15(19-2)14(16)9-12;/h5-6,9,13,17H,3-4,7-8,10-11H2,1-2H3;1H. The average molecular weight is 303 g/mol. The lowest BCUT2D eigenvalue weighted by molar-refractivity contribution is 0.144. The van der Waals surface area contributed by atoms with Gasteiger partial charge in [-0.05, 0) is 24.1 Å². The highest BCUT2D eigenvalue weighted by Crippen LogP contribution is 2.20. The Hall–Kier alpha value is -0.840. The number of hydrogen-bond donors (Lipinski definition) is 1. The molecule has 1 aliphatic heterocycles. The fraction of sp³-hybridized carbons (Fsp3) is 0.600. The van der Waals surface area contributed by atoms with Crippen LogP contribution in [0.5, 0.6) is 5.75 Å². The molecule has 1 N–H and O–H groups in total. The van der Waals surface area contributed by atoms with Crippen molar-refractivity contribution >= 4 is 12.4 Å². The molecule has 0 spiro atoms. The van der Waals surface area contributed by atoms with E-state index < -0.39 is 0 Å². The topological polar surface area (TPSA) is 24.5 Å². The van der Waals surface area contributed by atoms with Crippen LogP contribution in [0.1, 0.15) is 25.3 Å². The maximum atomic E-state index is 13.7. The molecule has 0 amide bonds. The number of benzene rings is 1. The Balaban J connectivity index is 0.00000200. The van der Waals surface area contributed by atoms with Gasteiger partial charge in [0.05, 0.1) is 7.11 Å². The normalized spacial score (nSPS) is 19.4. The van der Waals surface area contributed by atoms with Gasteiger partial charge in [-0.3, -0.25) is 4.90 Å². The van der Waals surface area contributed by atoms with E-state index >= 15 is 0 Å². The predicted octanol–water partition coefficient (Wildman–Crippen LogP) is 2.83. The Morgan fingerprint density at radius 1 is 1.45 bits per heavy atom. The minimum Gasteiger partial charge on any atom is -0.494 e. The molecule has 0 aliphatic carbocycles. The zero-order chi connectivity index (χ0) is 13.7. The van der Waals surface area contributed by atoms with Crippen LogP contribution in [-0.2, 0) is 6.54 Å². The van der Waals surface area contributed by atoms with Crippen molar-refractivity contribution in [3.8, 4) is 5.75 Å². The smallest absolute Gasteiger partial charge is 0.165 e. The van der Waals surface area contributed by atoms with E-state index in [1.54, 1.807) is 12.1 Å². The van der Waals surface area contributed by atoms with Gasteiger partial charge < -0.3 is 10.1 Å². The monoisotopic (exact) mass is 302 g/mol. The van der Waals surface area contributed by atoms with Crippen LogP contribution in [0.25, 0.3) is 0 Å². The Morgan fingerprint density at radius 2 is 2.25 bits per heavy atom. The van der Waals surface area contributed by atoms with Gasteiger partial charge >= 0.3 is 0 Å². The highest BCUT2D eigenvalue weighted by Gasteiger charge is 2.21. The summed E-state index contributed by atoms with van der Waals surface area (Å²) in [6, 6.07) is 5.81. The third kappa shape index (κ3) is 4.33. The van der Waals surface area contributed by atoms with Crippen molar-refractivity contribution in [1.29, 1.82) is 0 Å². The zero-order valence-electron chi connectivity index (χ0n) is 12.2. The van der Waals surface area contributed by atoms with E-state index in [9.17, 15) is 4.39 Å². The van der Waals surface area contributed by atoms with E-state index in [2.05, 4.69) is 17.1 Å². The Labute approximate surface area is 126 Å². The summed E-state index contributed by atoms with van der Waals surface area (Å²) in [5.74, 6) is 0.0383. The van der Waals surface area contributed by atoms with Crippen LogP contribution in [0.15, 0.2) is 18.2 Å². The fourth-order valence-electron chi connectivity index (χ4n) is 2.67. The van der Waals surface area contributed by atoms with Crippen LogP contribution in [-0.4, -0.2) is 37.7 Å². The Kier molecular flexibility index (Phi) is 7.27. The van der Waals surface area contributed by atoms with Gasteiger partial charge in [-0.2, -0.15) is 0 Å². The number of hydrogen-bond acceptors (Lipinski definition) is 3. The molecule has 0 saturated carbocycles. The summed E-state index contributed by atoms with van der Waals surface area (Å²) in [6.45, 7) is 6.09. The predicted molar refractivity (Wildman–Crippen MR) is 82.2 cm³/mol. The second-order valence-electron chi connectivity index (χ2n) is 5.09. The highest BCUT2D eigenvalue weighted by atomic mass is 35.5. The number of rotatable bonds is 5. The van der Waals surface area contributed by atoms with Crippen LogP contribution in [0.2, 0.25) is 0 Å².